The van der Waals surface area contributed by atoms with Crippen LogP contribution >= 0.6 is 0 Å². The van der Waals surface area contributed by atoms with E-state index in [1.165, 1.54) is 4.90 Å². The highest BCUT2D eigenvalue weighted by Crippen LogP contribution is 2.40. The number of anilines is 1. The van der Waals surface area contributed by atoms with Crippen LogP contribution in [-0.2, 0) is 9.59 Å². The zero-order chi connectivity index (χ0) is 14.1. The molecule has 2 fully saturated rings. The van der Waals surface area contributed by atoms with Crippen molar-refractivity contribution in [1.29, 1.82) is 0 Å². The first-order valence-corrected chi connectivity index (χ1v) is 6.88. The number of imide groups is 1. The monoisotopic (exact) mass is 268 g/mol. The zero-order valence-corrected chi connectivity index (χ0v) is 11.1. The lowest BCUT2D eigenvalue weighted by atomic mass is 9.96. The second kappa shape index (κ2) is 5.10. The summed E-state index contributed by atoms with van der Waals surface area (Å²) in [4.78, 5) is 26.2. The summed E-state index contributed by atoms with van der Waals surface area (Å²) in [6, 6.07) is 7.26. The first-order valence-electron chi connectivity index (χ1n) is 6.88. The minimum Gasteiger partial charge on any atom is -0.320 e. The van der Waals surface area contributed by atoms with Gasteiger partial charge in [-0.25, -0.2) is 4.90 Å². The van der Waals surface area contributed by atoms with E-state index in [1.807, 2.05) is 18.2 Å². The molecule has 2 amide bonds. The van der Waals surface area contributed by atoms with Gasteiger partial charge in [-0.15, -0.1) is 0 Å². The Hall–Kier alpha value is -2.12. The summed E-state index contributed by atoms with van der Waals surface area (Å²) in [5, 5.41) is 0. The van der Waals surface area contributed by atoms with E-state index in [1.54, 1.807) is 6.07 Å². The Morgan fingerprint density at radius 1 is 1.15 bits per heavy atom. The van der Waals surface area contributed by atoms with Crippen LogP contribution in [0.25, 0.3) is 0 Å². The summed E-state index contributed by atoms with van der Waals surface area (Å²) in [5.41, 5.74) is 6.67. The van der Waals surface area contributed by atoms with Gasteiger partial charge in [0.1, 0.15) is 0 Å². The molecule has 0 spiro atoms. The van der Waals surface area contributed by atoms with Crippen molar-refractivity contribution in [2.45, 2.75) is 19.3 Å². The number of hydrogen-bond donors (Lipinski definition) is 1. The molecule has 1 saturated carbocycles. The summed E-state index contributed by atoms with van der Waals surface area (Å²) in [6.45, 7) is 0.251. The maximum atomic E-state index is 12.5. The zero-order valence-electron chi connectivity index (χ0n) is 11.1. The van der Waals surface area contributed by atoms with E-state index in [4.69, 9.17) is 5.73 Å². The van der Waals surface area contributed by atoms with E-state index >= 15 is 0 Å². The van der Waals surface area contributed by atoms with Crippen LogP contribution in [0.4, 0.5) is 5.69 Å². The van der Waals surface area contributed by atoms with E-state index < -0.39 is 0 Å². The molecule has 1 aliphatic heterocycles. The minimum atomic E-state index is -0.0780. The van der Waals surface area contributed by atoms with Gasteiger partial charge in [0.15, 0.2) is 0 Å². The summed E-state index contributed by atoms with van der Waals surface area (Å²) in [7, 11) is 0. The van der Waals surface area contributed by atoms with E-state index in [0.717, 1.165) is 12.8 Å². The lowest BCUT2D eigenvalue weighted by molar-refractivity contribution is -0.133. The predicted octanol–water partition coefficient (Wildman–Crippen LogP) is 1.29. The fourth-order valence-electron chi connectivity index (χ4n) is 3.06. The topological polar surface area (TPSA) is 63.4 Å². The Labute approximate surface area is 117 Å². The molecule has 1 aliphatic carbocycles. The van der Waals surface area contributed by atoms with Crippen molar-refractivity contribution >= 4 is 17.5 Å². The molecule has 4 nitrogen and oxygen atoms in total. The number of fused-ring (bicyclic) bond motifs is 2. The van der Waals surface area contributed by atoms with Crippen molar-refractivity contribution in [2.24, 2.45) is 17.6 Å². The maximum Gasteiger partial charge on any atom is 0.236 e. The van der Waals surface area contributed by atoms with Gasteiger partial charge >= 0.3 is 0 Å². The van der Waals surface area contributed by atoms with E-state index in [9.17, 15) is 9.59 Å². The molecule has 3 rings (SSSR count). The molecule has 1 aromatic rings. The van der Waals surface area contributed by atoms with Crippen molar-refractivity contribution in [3.05, 3.63) is 29.8 Å². The van der Waals surface area contributed by atoms with Gasteiger partial charge in [-0.05, 0) is 31.4 Å². The van der Waals surface area contributed by atoms with Gasteiger partial charge in [0, 0.05) is 17.4 Å². The van der Waals surface area contributed by atoms with E-state index in [0.29, 0.717) is 17.7 Å². The highest BCUT2D eigenvalue weighted by atomic mass is 16.2. The minimum absolute atomic E-state index is 0.00627. The van der Waals surface area contributed by atoms with Gasteiger partial charge in [-0.3, -0.25) is 9.59 Å². The quantitative estimate of drug-likeness (QED) is 0.616. The molecule has 0 radical (unpaired) electrons. The maximum absolute atomic E-state index is 12.5. The van der Waals surface area contributed by atoms with Crippen LogP contribution in [0.1, 0.15) is 24.8 Å². The summed E-state index contributed by atoms with van der Waals surface area (Å²) >= 11 is 0. The Morgan fingerprint density at radius 2 is 1.80 bits per heavy atom. The molecule has 4 heteroatoms. The first-order chi connectivity index (χ1) is 9.72. The van der Waals surface area contributed by atoms with Crippen LogP contribution in [0.2, 0.25) is 0 Å². The molecule has 2 N–H and O–H groups in total. The van der Waals surface area contributed by atoms with Gasteiger partial charge in [-0.2, -0.15) is 0 Å². The molecule has 1 heterocycles. The van der Waals surface area contributed by atoms with E-state index in [2.05, 4.69) is 11.8 Å². The van der Waals surface area contributed by atoms with Gasteiger partial charge < -0.3 is 5.73 Å². The van der Waals surface area contributed by atoms with Crippen LogP contribution in [0, 0.1) is 23.7 Å². The molecule has 102 valence electrons. The molecule has 2 bridgehead atoms. The normalized spacial score (nSPS) is 24.6. The number of carbonyl (C=O) groups excluding carboxylic acids is 2. The van der Waals surface area contributed by atoms with Gasteiger partial charge in [0.05, 0.1) is 12.2 Å². The third kappa shape index (κ3) is 2.00. The number of hydrogen-bond acceptors (Lipinski definition) is 3. The number of benzene rings is 1. The molecule has 0 aromatic heterocycles. The molecular formula is C16H16N2O2. The third-order valence-electron chi connectivity index (χ3n) is 4.04. The first kappa shape index (κ1) is 12.9. The average molecular weight is 268 g/mol. The molecule has 2 atom stereocenters. The molecular weight excluding hydrogens is 252 g/mol. The van der Waals surface area contributed by atoms with Crippen molar-refractivity contribution in [3.8, 4) is 11.8 Å². The van der Waals surface area contributed by atoms with Gasteiger partial charge in [0.25, 0.3) is 0 Å². The Kier molecular flexibility index (Phi) is 3.29. The second-order valence-corrected chi connectivity index (χ2v) is 5.24. The third-order valence-corrected chi connectivity index (χ3v) is 4.04. The van der Waals surface area contributed by atoms with Crippen LogP contribution in [0.5, 0.6) is 0 Å². The van der Waals surface area contributed by atoms with Gasteiger partial charge in [-0.1, -0.05) is 24.0 Å². The average Bonchev–Trinajstić information content (AvgIpc) is 2.91. The largest absolute Gasteiger partial charge is 0.320 e. The number of para-hydroxylation sites is 1. The van der Waals surface area contributed by atoms with Crippen LogP contribution in [-0.4, -0.2) is 18.4 Å². The smallest absolute Gasteiger partial charge is 0.236 e. The summed E-state index contributed by atoms with van der Waals surface area (Å²) in [5.74, 6) is 5.55. The summed E-state index contributed by atoms with van der Waals surface area (Å²) < 4.78 is 0. The number of piperidine rings is 1. The highest BCUT2D eigenvalue weighted by molar-refractivity contribution is 6.19. The fourth-order valence-corrected chi connectivity index (χ4v) is 3.06. The van der Waals surface area contributed by atoms with Gasteiger partial charge in [0.2, 0.25) is 11.8 Å². The van der Waals surface area contributed by atoms with E-state index in [-0.39, 0.29) is 30.2 Å². The summed E-state index contributed by atoms with van der Waals surface area (Å²) in [6.07, 6.45) is 2.36. The second-order valence-electron chi connectivity index (χ2n) is 5.24. The lowest BCUT2D eigenvalue weighted by Crippen LogP contribution is -2.46. The number of nitrogens with two attached hydrogens (primary N) is 1. The Morgan fingerprint density at radius 3 is 2.45 bits per heavy atom. The van der Waals surface area contributed by atoms with Crippen LogP contribution in [0.15, 0.2) is 24.3 Å². The fraction of sp³-hybridized carbons (Fsp3) is 0.375. The van der Waals surface area contributed by atoms with Crippen molar-refractivity contribution < 1.29 is 9.59 Å². The Balaban J connectivity index is 2.04. The molecule has 1 aromatic carbocycles. The standard InChI is InChI=1S/C16H16N2O2/c17-9-3-5-11-4-1-2-6-14(11)18-15(19)12-7-8-13(10-12)16(18)20/h1-2,4,6,12-13H,7-10,17H2. The molecule has 1 saturated heterocycles. The molecule has 20 heavy (non-hydrogen) atoms. The van der Waals surface area contributed by atoms with Crippen molar-refractivity contribution in [2.75, 3.05) is 11.4 Å². The van der Waals surface area contributed by atoms with Crippen molar-refractivity contribution in [3.63, 3.8) is 0 Å². The van der Waals surface area contributed by atoms with Crippen LogP contribution < -0.4 is 10.6 Å². The highest BCUT2D eigenvalue weighted by Gasteiger charge is 2.46. The SMILES string of the molecule is NCC#Cc1ccccc1N1C(=O)C2CCC(C2)C1=O. The number of rotatable bonds is 1. The number of amides is 2. The van der Waals surface area contributed by atoms with Crippen molar-refractivity contribution in [1.82, 2.24) is 0 Å². The molecule has 2 unspecified atom stereocenters. The predicted molar refractivity (Wildman–Crippen MR) is 75.7 cm³/mol. The number of nitrogens with zero attached hydrogens (tertiary/aromatic N) is 1. The lowest BCUT2D eigenvalue weighted by Gasteiger charge is -2.30. The van der Waals surface area contributed by atoms with Crippen LogP contribution in [0.3, 0.4) is 0 Å². The number of carbonyl (C=O) groups is 2. The molecule has 2 aliphatic rings. The Bertz CT molecular complexity index is 605.